The van der Waals surface area contributed by atoms with Crippen molar-refractivity contribution in [3.63, 3.8) is 0 Å². The van der Waals surface area contributed by atoms with Crippen LogP contribution < -0.4 is 9.80 Å². The van der Waals surface area contributed by atoms with E-state index in [1.807, 2.05) is 0 Å². The molecule has 3 nitrogen and oxygen atoms in total. The number of benzene rings is 11. The summed E-state index contributed by atoms with van der Waals surface area (Å²) >= 11 is 0. The maximum absolute atomic E-state index is 2.41. The monoisotopic (exact) mass is 881 g/mol. The molecule has 11 aromatic carbocycles. The van der Waals surface area contributed by atoms with Crippen LogP contribution in [0.25, 0.3) is 72.0 Å². The van der Waals surface area contributed by atoms with Crippen LogP contribution in [0.5, 0.6) is 0 Å². The first-order valence-electron chi connectivity index (χ1n) is 23.6. The highest BCUT2D eigenvalue weighted by Gasteiger charge is 2.22. The number of hydrogen-bond acceptors (Lipinski definition) is 2. The lowest BCUT2D eigenvalue weighted by Crippen LogP contribution is -2.10. The van der Waals surface area contributed by atoms with E-state index in [2.05, 4.69) is 299 Å². The molecule has 0 aliphatic carbocycles. The molecular weight excluding hydrogens is 835 g/mol. The first kappa shape index (κ1) is 41.3. The second-order valence-corrected chi connectivity index (χ2v) is 17.3. The minimum absolute atomic E-state index is 1.08. The topological polar surface area (TPSA) is 11.4 Å². The summed E-state index contributed by atoms with van der Waals surface area (Å²) in [7, 11) is 0. The van der Waals surface area contributed by atoms with E-state index >= 15 is 0 Å². The van der Waals surface area contributed by atoms with Gasteiger partial charge in [0.1, 0.15) is 0 Å². The van der Waals surface area contributed by atoms with Crippen molar-refractivity contribution in [3.05, 3.63) is 285 Å². The normalized spacial score (nSPS) is 11.2. The molecule has 0 bridgehead atoms. The Balaban J connectivity index is 1.00. The van der Waals surface area contributed by atoms with Crippen LogP contribution in [0.4, 0.5) is 34.1 Å². The van der Waals surface area contributed by atoms with Crippen molar-refractivity contribution in [1.29, 1.82) is 0 Å². The van der Waals surface area contributed by atoms with E-state index in [1.54, 1.807) is 0 Å². The first-order valence-corrected chi connectivity index (χ1v) is 23.6. The minimum Gasteiger partial charge on any atom is -0.311 e. The van der Waals surface area contributed by atoms with E-state index in [1.165, 1.54) is 49.7 Å². The van der Waals surface area contributed by atoms with Crippen LogP contribution in [-0.4, -0.2) is 4.57 Å². The van der Waals surface area contributed by atoms with E-state index in [9.17, 15) is 0 Å². The number of rotatable bonds is 11. The SMILES string of the molecule is c1ccc(-c2cc(-c3ccc(N(c4ccccc4)c4cccc5c4c4ccccc4n5-c4ccccc4)cc3)c(-c3ccccc3)cc2-c2ccc(N(c3ccccc3)c3ccccc3)cc2)cc1. The van der Waals surface area contributed by atoms with Gasteiger partial charge in [0.2, 0.25) is 0 Å². The molecule has 0 fully saturated rings. The lowest BCUT2D eigenvalue weighted by atomic mass is 9.85. The molecule has 0 saturated heterocycles. The predicted octanol–water partition coefficient (Wildman–Crippen LogP) is 18.4. The van der Waals surface area contributed by atoms with Crippen molar-refractivity contribution in [2.24, 2.45) is 0 Å². The third kappa shape index (κ3) is 7.82. The Bertz CT molecular complexity index is 3630. The van der Waals surface area contributed by atoms with Crippen LogP contribution in [0.2, 0.25) is 0 Å². The van der Waals surface area contributed by atoms with Crippen LogP contribution in [0.15, 0.2) is 285 Å². The van der Waals surface area contributed by atoms with Gasteiger partial charge in [0.25, 0.3) is 0 Å². The molecule has 12 aromatic rings. The van der Waals surface area contributed by atoms with Gasteiger partial charge in [0, 0.05) is 44.9 Å². The van der Waals surface area contributed by atoms with Crippen molar-refractivity contribution >= 4 is 55.9 Å². The highest BCUT2D eigenvalue weighted by Crippen LogP contribution is 2.47. The van der Waals surface area contributed by atoms with Crippen molar-refractivity contribution in [2.75, 3.05) is 9.80 Å². The fraction of sp³-hybridized carbons (Fsp3) is 0. The molecule has 0 saturated carbocycles. The van der Waals surface area contributed by atoms with E-state index in [0.717, 1.165) is 56.5 Å². The predicted molar refractivity (Wildman–Crippen MR) is 292 cm³/mol. The van der Waals surface area contributed by atoms with Crippen LogP contribution in [0.1, 0.15) is 0 Å². The Labute approximate surface area is 403 Å². The molecule has 0 amide bonds. The Kier molecular flexibility index (Phi) is 10.9. The summed E-state index contributed by atoms with van der Waals surface area (Å²) in [6.45, 7) is 0. The molecule has 0 aliphatic rings. The molecule has 0 atom stereocenters. The second-order valence-electron chi connectivity index (χ2n) is 17.3. The van der Waals surface area contributed by atoms with Gasteiger partial charge in [-0.25, -0.2) is 0 Å². The zero-order valence-corrected chi connectivity index (χ0v) is 38.0. The van der Waals surface area contributed by atoms with Crippen molar-refractivity contribution in [2.45, 2.75) is 0 Å². The summed E-state index contributed by atoms with van der Waals surface area (Å²) in [5.41, 5.74) is 19.4. The summed E-state index contributed by atoms with van der Waals surface area (Å²) in [6.07, 6.45) is 0. The average Bonchev–Trinajstić information content (AvgIpc) is 3.78. The zero-order valence-electron chi connectivity index (χ0n) is 38.0. The van der Waals surface area contributed by atoms with E-state index < -0.39 is 0 Å². The largest absolute Gasteiger partial charge is 0.311 e. The molecule has 1 heterocycles. The van der Waals surface area contributed by atoms with Gasteiger partial charge in [-0.3, -0.25) is 0 Å². The Morgan fingerprint density at radius 2 is 0.594 bits per heavy atom. The molecule has 0 spiro atoms. The van der Waals surface area contributed by atoms with E-state index in [0.29, 0.717) is 0 Å². The van der Waals surface area contributed by atoms with Gasteiger partial charge in [-0.05, 0) is 148 Å². The molecule has 326 valence electrons. The maximum Gasteiger partial charge on any atom is 0.0562 e. The maximum atomic E-state index is 2.41. The lowest BCUT2D eigenvalue weighted by molar-refractivity contribution is 1.18. The number of nitrogens with zero attached hydrogens (tertiary/aromatic N) is 3. The first-order chi connectivity index (χ1) is 34.3. The van der Waals surface area contributed by atoms with Gasteiger partial charge < -0.3 is 14.4 Å². The van der Waals surface area contributed by atoms with Gasteiger partial charge in [0.15, 0.2) is 0 Å². The fourth-order valence-electron chi connectivity index (χ4n) is 10.0. The molecule has 3 heteroatoms. The van der Waals surface area contributed by atoms with Gasteiger partial charge >= 0.3 is 0 Å². The van der Waals surface area contributed by atoms with Crippen molar-refractivity contribution in [3.8, 4) is 50.2 Å². The second kappa shape index (κ2) is 18.2. The number of hydrogen-bond donors (Lipinski definition) is 0. The fourth-order valence-corrected chi connectivity index (χ4v) is 10.0. The number of para-hydroxylation sites is 5. The van der Waals surface area contributed by atoms with Crippen molar-refractivity contribution < 1.29 is 0 Å². The molecule has 69 heavy (non-hydrogen) atoms. The smallest absolute Gasteiger partial charge is 0.0562 e. The zero-order chi connectivity index (χ0) is 45.9. The average molecular weight is 882 g/mol. The lowest BCUT2D eigenvalue weighted by Gasteiger charge is -2.27. The molecule has 0 N–H and O–H groups in total. The molecule has 0 unspecified atom stereocenters. The number of aromatic nitrogens is 1. The van der Waals surface area contributed by atoms with Crippen LogP contribution in [0, 0.1) is 0 Å². The molecule has 0 aliphatic heterocycles. The molecule has 0 radical (unpaired) electrons. The minimum atomic E-state index is 1.08. The quantitative estimate of drug-likeness (QED) is 0.128. The van der Waals surface area contributed by atoms with Crippen LogP contribution in [-0.2, 0) is 0 Å². The van der Waals surface area contributed by atoms with Gasteiger partial charge in [-0.1, -0.05) is 182 Å². The Morgan fingerprint density at radius 3 is 1.07 bits per heavy atom. The Morgan fingerprint density at radius 1 is 0.246 bits per heavy atom. The number of anilines is 6. The standard InChI is InChI=1S/C66H47N3/c1-7-22-48(23-8-1)59-47-62(60(49-24-9-2-10-25-49)46-61(59)50-38-42-56(43-39-50)67(52-26-11-3-12-27-52)53-28-13-4-14-29-53)51-40-44-57(45-41-51)68(54-30-15-5-16-31-54)64-36-21-37-65-66(64)58-34-19-20-35-63(58)69(65)55-32-17-6-18-33-55/h1-47H. The summed E-state index contributed by atoms with van der Waals surface area (Å²) in [6, 6.07) is 103. The van der Waals surface area contributed by atoms with Gasteiger partial charge in [-0.15, -0.1) is 0 Å². The summed E-state index contributed by atoms with van der Waals surface area (Å²) in [4.78, 5) is 4.72. The molecular formula is C66H47N3. The molecule has 1 aromatic heterocycles. The third-order valence-electron chi connectivity index (χ3n) is 13.2. The Hall–Kier alpha value is -9.18. The van der Waals surface area contributed by atoms with E-state index in [-0.39, 0.29) is 0 Å². The highest BCUT2D eigenvalue weighted by atomic mass is 15.2. The van der Waals surface area contributed by atoms with Crippen LogP contribution in [0.3, 0.4) is 0 Å². The summed E-state index contributed by atoms with van der Waals surface area (Å²) in [5, 5.41) is 2.42. The number of fused-ring (bicyclic) bond motifs is 3. The van der Waals surface area contributed by atoms with Gasteiger partial charge in [0.05, 0.1) is 16.7 Å². The van der Waals surface area contributed by atoms with Crippen molar-refractivity contribution in [1.82, 2.24) is 4.57 Å². The van der Waals surface area contributed by atoms with Gasteiger partial charge in [-0.2, -0.15) is 0 Å². The van der Waals surface area contributed by atoms with E-state index in [4.69, 9.17) is 0 Å². The summed E-state index contributed by atoms with van der Waals surface area (Å²) < 4.78 is 2.39. The summed E-state index contributed by atoms with van der Waals surface area (Å²) in [5.74, 6) is 0. The molecule has 12 rings (SSSR count). The van der Waals surface area contributed by atoms with Crippen LogP contribution >= 0.6 is 0 Å². The third-order valence-corrected chi connectivity index (χ3v) is 13.2. The highest BCUT2D eigenvalue weighted by molar-refractivity contribution is 6.16.